The Hall–Kier alpha value is -2.40. The van der Waals surface area contributed by atoms with Crippen LogP contribution in [0.3, 0.4) is 0 Å². The van der Waals surface area contributed by atoms with Crippen molar-refractivity contribution >= 4 is 28.9 Å². The largest absolute Gasteiger partial charge is 0.494 e. The summed E-state index contributed by atoms with van der Waals surface area (Å²) in [7, 11) is 1.46. The Morgan fingerprint density at radius 2 is 2.00 bits per heavy atom. The van der Waals surface area contributed by atoms with Crippen molar-refractivity contribution < 1.29 is 9.53 Å². The predicted octanol–water partition coefficient (Wildman–Crippen LogP) is 4.26. The fourth-order valence-corrected chi connectivity index (χ4v) is 1.88. The number of carbonyl (C=O) groups excluding carboxylic acids is 1. The van der Waals surface area contributed by atoms with Crippen LogP contribution in [0, 0.1) is 5.53 Å². The third-order valence-electron chi connectivity index (χ3n) is 2.67. The molecule has 0 unspecified atom stereocenters. The van der Waals surface area contributed by atoms with Crippen molar-refractivity contribution in [2.45, 2.75) is 0 Å². The summed E-state index contributed by atoms with van der Waals surface area (Å²) in [6.45, 7) is 0. The van der Waals surface area contributed by atoms with Crippen molar-refractivity contribution in [3.05, 3.63) is 53.1 Å². The van der Waals surface area contributed by atoms with E-state index in [0.29, 0.717) is 27.7 Å². The number of hydrogen-bond acceptors (Lipinski definition) is 4. The molecular formula is C14H12ClN3O2. The molecule has 2 aromatic carbocycles. The second-order valence-corrected chi connectivity index (χ2v) is 4.34. The lowest BCUT2D eigenvalue weighted by atomic mass is 10.2. The topological polar surface area (TPSA) is 74.5 Å². The van der Waals surface area contributed by atoms with E-state index in [0.717, 1.165) is 0 Å². The molecule has 20 heavy (non-hydrogen) atoms. The van der Waals surface area contributed by atoms with Crippen LogP contribution in [0.2, 0.25) is 5.02 Å². The van der Waals surface area contributed by atoms with E-state index in [9.17, 15) is 4.79 Å². The first-order valence-electron chi connectivity index (χ1n) is 5.77. The standard InChI is InChI=1S/C14H12ClN3O2/c1-20-13-8-11(10(15)7-12(13)18-16)17-14(19)9-5-3-2-4-6-9/h2-8,16H,1H3,(H,17,19). The number of methoxy groups -OCH3 is 1. The molecule has 0 bridgehead atoms. The fourth-order valence-electron chi connectivity index (χ4n) is 1.67. The third-order valence-corrected chi connectivity index (χ3v) is 2.99. The predicted molar refractivity (Wildman–Crippen MR) is 77.2 cm³/mol. The van der Waals surface area contributed by atoms with Crippen molar-refractivity contribution in [2.75, 3.05) is 12.4 Å². The molecule has 0 atom stereocenters. The van der Waals surface area contributed by atoms with Gasteiger partial charge in [0, 0.05) is 11.6 Å². The van der Waals surface area contributed by atoms with Crippen molar-refractivity contribution in [3.63, 3.8) is 0 Å². The summed E-state index contributed by atoms with van der Waals surface area (Å²) in [4.78, 5) is 12.0. The Morgan fingerprint density at radius 3 is 2.60 bits per heavy atom. The highest BCUT2D eigenvalue weighted by atomic mass is 35.5. The minimum absolute atomic E-state index is 0.273. The molecule has 0 spiro atoms. The first-order valence-corrected chi connectivity index (χ1v) is 6.15. The number of halogens is 1. The molecule has 0 aliphatic rings. The first-order chi connectivity index (χ1) is 9.65. The lowest BCUT2D eigenvalue weighted by Crippen LogP contribution is -2.12. The van der Waals surface area contributed by atoms with E-state index >= 15 is 0 Å². The number of nitrogens with one attached hydrogen (secondary N) is 2. The van der Waals surface area contributed by atoms with Gasteiger partial charge in [0.15, 0.2) is 0 Å². The highest BCUT2D eigenvalue weighted by Crippen LogP contribution is 2.36. The molecule has 2 N–H and O–H groups in total. The van der Waals surface area contributed by atoms with E-state index in [1.807, 2.05) is 6.07 Å². The van der Waals surface area contributed by atoms with Gasteiger partial charge in [-0.15, -0.1) is 0 Å². The Bertz CT molecular complexity index is 644. The zero-order valence-electron chi connectivity index (χ0n) is 10.7. The van der Waals surface area contributed by atoms with Gasteiger partial charge in [0.1, 0.15) is 11.4 Å². The molecule has 0 aliphatic heterocycles. The van der Waals surface area contributed by atoms with Gasteiger partial charge >= 0.3 is 0 Å². The number of amides is 1. The summed E-state index contributed by atoms with van der Waals surface area (Å²) in [6, 6.07) is 11.8. The summed E-state index contributed by atoms with van der Waals surface area (Å²) in [5.41, 5.74) is 8.26. The van der Waals surface area contributed by atoms with Crippen molar-refractivity contribution in [1.82, 2.24) is 0 Å². The summed E-state index contributed by atoms with van der Waals surface area (Å²) < 4.78 is 5.10. The smallest absolute Gasteiger partial charge is 0.255 e. The molecule has 6 heteroatoms. The molecule has 2 aromatic rings. The van der Waals surface area contributed by atoms with Crippen molar-refractivity contribution in [3.8, 4) is 5.75 Å². The van der Waals surface area contributed by atoms with Gasteiger partial charge in [0.2, 0.25) is 0 Å². The maximum atomic E-state index is 12.0. The fraction of sp³-hybridized carbons (Fsp3) is 0.0714. The Morgan fingerprint density at radius 1 is 1.30 bits per heavy atom. The van der Waals surface area contributed by atoms with Crippen LogP contribution in [0.25, 0.3) is 0 Å². The van der Waals surface area contributed by atoms with E-state index in [4.69, 9.17) is 21.9 Å². The monoisotopic (exact) mass is 289 g/mol. The van der Waals surface area contributed by atoms with Gasteiger partial charge in [-0.2, -0.15) is 5.11 Å². The average Bonchev–Trinajstić information content (AvgIpc) is 2.49. The summed E-state index contributed by atoms with van der Waals surface area (Å²) >= 11 is 6.06. The molecule has 102 valence electrons. The molecule has 1 amide bonds. The normalized spacial score (nSPS) is 9.90. The van der Waals surface area contributed by atoms with Crippen LogP contribution < -0.4 is 10.1 Å². The quantitative estimate of drug-likeness (QED) is 0.825. The summed E-state index contributed by atoms with van der Waals surface area (Å²) in [5, 5.41) is 6.30. The molecule has 2 rings (SSSR count). The van der Waals surface area contributed by atoms with Crippen LogP contribution >= 0.6 is 11.6 Å². The van der Waals surface area contributed by atoms with Crippen LogP contribution in [-0.2, 0) is 0 Å². The summed E-state index contributed by atoms with van der Waals surface area (Å²) in [5.74, 6) is 0.0953. The van der Waals surface area contributed by atoms with Gasteiger partial charge in [-0.05, 0) is 18.2 Å². The SMILES string of the molecule is COc1cc(NC(=O)c2ccccc2)c(Cl)cc1N=N. The molecule has 0 saturated carbocycles. The van der Waals surface area contributed by atoms with E-state index in [2.05, 4.69) is 10.4 Å². The lowest BCUT2D eigenvalue weighted by Gasteiger charge is -2.10. The Kier molecular flexibility index (Phi) is 4.32. The number of carbonyl (C=O) groups is 1. The zero-order valence-corrected chi connectivity index (χ0v) is 11.4. The van der Waals surface area contributed by atoms with Gasteiger partial charge in [0.05, 0.1) is 17.8 Å². The Balaban J connectivity index is 2.30. The van der Waals surface area contributed by atoms with Gasteiger partial charge in [-0.25, -0.2) is 5.53 Å². The number of nitrogens with zero attached hydrogens (tertiary/aromatic N) is 1. The zero-order chi connectivity index (χ0) is 14.5. The van der Waals surface area contributed by atoms with Crippen LogP contribution in [0.1, 0.15) is 10.4 Å². The minimum atomic E-state index is -0.273. The molecule has 5 nitrogen and oxygen atoms in total. The van der Waals surface area contributed by atoms with Gasteiger partial charge in [0.25, 0.3) is 5.91 Å². The molecule has 0 aromatic heterocycles. The van der Waals surface area contributed by atoms with Gasteiger partial charge in [-0.1, -0.05) is 29.8 Å². The number of ether oxygens (including phenoxy) is 1. The number of benzene rings is 2. The van der Waals surface area contributed by atoms with Crippen LogP contribution in [0.4, 0.5) is 11.4 Å². The average molecular weight is 290 g/mol. The lowest BCUT2D eigenvalue weighted by molar-refractivity contribution is 0.102. The maximum Gasteiger partial charge on any atom is 0.255 e. The van der Waals surface area contributed by atoms with E-state index in [-0.39, 0.29) is 5.91 Å². The second-order valence-electron chi connectivity index (χ2n) is 3.94. The molecule has 0 radical (unpaired) electrons. The van der Waals surface area contributed by atoms with E-state index in [1.54, 1.807) is 24.3 Å². The molecule has 0 fully saturated rings. The number of hydrogen-bond donors (Lipinski definition) is 2. The number of anilines is 1. The molecular weight excluding hydrogens is 278 g/mol. The second kappa shape index (κ2) is 6.16. The van der Waals surface area contributed by atoms with Crippen molar-refractivity contribution in [1.29, 1.82) is 5.53 Å². The van der Waals surface area contributed by atoms with E-state index < -0.39 is 0 Å². The summed E-state index contributed by atoms with van der Waals surface area (Å²) in [6.07, 6.45) is 0. The van der Waals surface area contributed by atoms with Crippen LogP contribution in [0.15, 0.2) is 47.6 Å². The van der Waals surface area contributed by atoms with E-state index in [1.165, 1.54) is 19.2 Å². The van der Waals surface area contributed by atoms with Gasteiger partial charge < -0.3 is 10.1 Å². The first kappa shape index (κ1) is 14.0. The van der Waals surface area contributed by atoms with Gasteiger partial charge in [-0.3, -0.25) is 4.79 Å². The molecule has 0 heterocycles. The molecule has 0 saturated heterocycles. The molecule has 0 aliphatic carbocycles. The highest BCUT2D eigenvalue weighted by molar-refractivity contribution is 6.34. The highest BCUT2D eigenvalue weighted by Gasteiger charge is 2.12. The number of rotatable bonds is 4. The van der Waals surface area contributed by atoms with Crippen LogP contribution in [-0.4, -0.2) is 13.0 Å². The van der Waals surface area contributed by atoms with Crippen molar-refractivity contribution in [2.24, 2.45) is 5.11 Å². The minimum Gasteiger partial charge on any atom is -0.494 e. The maximum absolute atomic E-state index is 12.0. The third kappa shape index (κ3) is 2.95. The van der Waals surface area contributed by atoms with Crippen LogP contribution in [0.5, 0.6) is 5.75 Å². The Labute approximate surface area is 121 Å².